The summed E-state index contributed by atoms with van der Waals surface area (Å²) in [5.74, 6) is -2.22. The fraction of sp³-hybridized carbons (Fsp3) is 0.250. The minimum Gasteiger partial charge on any atom is -0.388 e. The Balaban J connectivity index is 2.28. The lowest BCUT2D eigenvalue weighted by Crippen LogP contribution is -2.07. The summed E-state index contributed by atoms with van der Waals surface area (Å²) >= 11 is 0. The summed E-state index contributed by atoms with van der Waals surface area (Å²) in [5.41, 5.74) is 2.38. The van der Waals surface area contributed by atoms with E-state index in [0.29, 0.717) is 22.3 Å². The Kier molecular flexibility index (Phi) is 4.14. The maximum atomic E-state index is 13.2. The maximum absolute atomic E-state index is 13.2. The molecule has 1 N–H and O–H groups in total. The van der Waals surface area contributed by atoms with Crippen LogP contribution in [0.15, 0.2) is 30.3 Å². The Hall–Kier alpha value is -1.81. The molecule has 106 valence electrons. The van der Waals surface area contributed by atoms with Gasteiger partial charge in [-0.15, -0.1) is 0 Å². The summed E-state index contributed by atoms with van der Waals surface area (Å²) in [6.45, 7) is 3.42. The first-order valence-corrected chi connectivity index (χ1v) is 6.27. The predicted octanol–water partition coefficient (Wildman–Crippen LogP) is 4.00. The SMILES string of the molecule is Cc1cc(F)cc(C)c1C(O)Cc1ccc(F)c(F)c1. The first-order valence-electron chi connectivity index (χ1n) is 6.27. The fourth-order valence-corrected chi connectivity index (χ4v) is 2.44. The molecule has 0 radical (unpaired) electrons. The molecule has 1 atom stereocenters. The lowest BCUT2D eigenvalue weighted by atomic mass is 9.93. The van der Waals surface area contributed by atoms with Crippen LogP contribution < -0.4 is 0 Å². The average Bonchev–Trinajstić information content (AvgIpc) is 2.32. The van der Waals surface area contributed by atoms with Gasteiger partial charge in [0.25, 0.3) is 0 Å². The van der Waals surface area contributed by atoms with Gasteiger partial charge in [-0.3, -0.25) is 0 Å². The van der Waals surface area contributed by atoms with Crippen molar-refractivity contribution in [2.75, 3.05) is 0 Å². The van der Waals surface area contributed by atoms with Gasteiger partial charge in [-0.2, -0.15) is 0 Å². The van der Waals surface area contributed by atoms with Crippen LogP contribution in [0.3, 0.4) is 0 Å². The van der Waals surface area contributed by atoms with E-state index in [0.717, 1.165) is 12.1 Å². The standard InChI is InChI=1S/C16H15F3O/c1-9-5-12(17)6-10(2)16(9)15(20)8-11-3-4-13(18)14(19)7-11/h3-7,15,20H,8H2,1-2H3. The molecular weight excluding hydrogens is 265 g/mol. The summed E-state index contributed by atoms with van der Waals surface area (Å²) in [6.07, 6.45) is -0.745. The molecule has 2 aromatic rings. The number of halogens is 3. The van der Waals surface area contributed by atoms with Crippen molar-refractivity contribution in [2.45, 2.75) is 26.4 Å². The zero-order valence-electron chi connectivity index (χ0n) is 11.3. The first kappa shape index (κ1) is 14.6. The lowest BCUT2D eigenvalue weighted by Gasteiger charge is -2.17. The summed E-state index contributed by atoms with van der Waals surface area (Å²) < 4.78 is 39.2. The predicted molar refractivity (Wildman–Crippen MR) is 70.9 cm³/mol. The minimum atomic E-state index is -0.942. The van der Waals surface area contributed by atoms with Gasteiger partial charge in [0, 0.05) is 6.42 Å². The van der Waals surface area contributed by atoms with E-state index in [1.54, 1.807) is 13.8 Å². The highest BCUT2D eigenvalue weighted by Gasteiger charge is 2.16. The van der Waals surface area contributed by atoms with Crippen molar-refractivity contribution in [3.8, 4) is 0 Å². The van der Waals surface area contributed by atoms with E-state index in [4.69, 9.17) is 0 Å². The molecule has 0 saturated heterocycles. The van der Waals surface area contributed by atoms with E-state index in [-0.39, 0.29) is 12.2 Å². The average molecular weight is 280 g/mol. The number of hydrogen-bond acceptors (Lipinski definition) is 1. The fourth-order valence-electron chi connectivity index (χ4n) is 2.44. The van der Waals surface area contributed by atoms with Gasteiger partial charge < -0.3 is 5.11 Å². The van der Waals surface area contributed by atoms with Gasteiger partial charge >= 0.3 is 0 Å². The van der Waals surface area contributed by atoms with Crippen LogP contribution in [0.1, 0.15) is 28.4 Å². The van der Waals surface area contributed by atoms with Crippen LogP contribution in [0.2, 0.25) is 0 Å². The lowest BCUT2D eigenvalue weighted by molar-refractivity contribution is 0.176. The van der Waals surface area contributed by atoms with Gasteiger partial charge in [-0.25, -0.2) is 13.2 Å². The summed E-state index contributed by atoms with van der Waals surface area (Å²) in [4.78, 5) is 0. The Labute approximate surface area is 115 Å². The van der Waals surface area contributed by atoms with Crippen molar-refractivity contribution < 1.29 is 18.3 Å². The third-order valence-corrected chi connectivity index (χ3v) is 3.30. The highest BCUT2D eigenvalue weighted by molar-refractivity contribution is 5.37. The third kappa shape index (κ3) is 3.02. The van der Waals surface area contributed by atoms with Crippen LogP contribution in [-0.2, 0) is 6.42 Å². The molecule has 0 heterocycles. The van der Waals surface area contributed by atoms with E-state index in [1.165, 1.54) is 18.2 Å². The Morgan fingerprint density at radius 3 is 2.10 bits per heavy atom. The Morgan fingerprint density at radius 2 is 1.55 bits per heavy atom. The van der Waals surface area contributed by atoms with E-state index in [2.05, 4.69) is 0 Å². The van der Waals surface area contributed by atoms with Gasteiger partial charge in [-0.05, 0) is 60.4 Å². The van der Waals surface area contributed by atoms with E-state index in [1.807, 2.05) is 0 Å². The molecule has 0 fully saturated rings. The number of aliphatic hydroxyl groups excluding tert-OH is 1. The second kappa shape index (κ2) is 5.67. The van der Waals surface area contributed by atoms with Gasteiger partial charge in [0.2, 0.25) is 0 Å². The zero-order valence-corrected chi connectivity index (χ0v) is 11.3. The molecule has 0 bridgehead atoms. The molecule has 2 aromatic carbocycles. The molecular formula is C16H15F3O. The van der Waals surface area contributed by atoms with Crippen LogP contribution in [0.25, 0.3) is 0 Å². The molecule has 0 aliphatic carbocycles. The number of hydrogen-bond donors (Lipinski definition) is 1. The first-order chi connectivity index (χ1) is 9.38. The van der Waals surface area contributed by atoms with E-state index >= 15 is 0 Å². The summed E-state index contributed by atoms with van der Waals surface area (Å²) in [7, 11) is 0. The van der Waals surface area contributed by atoms with E-state index in [9.17, 15) is 18.3 Å². The minimum absolute atomic E-state index is 0.143. The highest BCUT2D eigenvalue weighted by atomic mass is 19.2. The van der Waals surface area contributed by atoms with Crippen molar-refractivity contribution in [1.29, 1.82) is 0 Å². The molecule has 4 heteroatoms. The number of aryl methyl sites for hydroxylation is 2. The second-order valence-electron chi connectivity index (χ2n) is 4.92. The molecule has 2 rings (SSSR count). The molecule has 0 aromatic heterocycles. The van der Waals surface area contributed by atoms with Crippen molar-refractivity contribution >= 4 is 0 Å². The molecule has 0 aliphatic heterocycles. The van der Waals surface area contributed by atoms with Crippen LogP contribution in [0.4, 0.5) is 13.2 Å². The Morgan fingerprint density at radius 1 is 0.950 bits per heavy atom. The van der Waals surface area contributed by atoms with Crippen LogP contribution in [-0.4, -0.2) is 5.11 Å². The number of rotatable bonds is 3. The normalized spacial score (nSPS) is 12.5. The molecule has 0 saturated carbocycles. The van der Waals surface area contributed by atoms with Gasteiger partial charge in [0.1, 0.15) is 5.82 Å². The molecule has 1 nitrogen and oxygen atoms in total. The van der Waals surface area contributed by atoms with Gasteiger partial charge in [-0.1, -0.05) is 6.07 Å². The van der Waals surface area contributed by atoms with Crippen LogP contribution in [0, 0.1) is 31.3 Å². The number of benzene rings is 2. The largest absolute Gasteiger partial charge is 0.388 e. The molecule has 1 unspecified atom stereocenters. The summed E-state index contributed by atoms with van der Waals surface area (Å²) in [5, 5.41) is 10.2. The smallest absolute Gasteiger partial charge is 0.159 e. The monoisotopic (exact) mass is 280 g/mol. The summed E-state index contributed by atoms with van der Waals surface area (Å²) in [6, 6.07) is 6.21. The molecule has 0 amide bonds. The zero-order chi connectivity index (χ0) is 14.9. The van der Waals surface area contributed by atoms with Gasteiger partial charge in [0.05, 0.1) is 6.10 Å². The molecule has 20 heavy (non-hydrogen) atoms. The van der Waals surface area contributed by atoms with Crippen molar-refractivity contribution in [3.05, 3.63) is 70.0 Å². The topological polar surface area (TPSA) is 20.2 Å². The van der Waals surface area contributed by atoms with E-state index < -0.39 is 17.7 Å². The quantitative estimate of drug-likeness (QED) is 0.901. The molecule has 0 spiro atoms. The van der Waals surface area contributed by atoms with Gasteiger partial charge in [0.15, 0.2) is 11.6 Å². The van der Waals surface area contributed by atoms with Crippen molar-refractivity contribution in [2.24, 2.45) is 0 Å². The Bertz CT molecular complexity index is 615. The number of aliphatic hydroxyl groups is 1. The second-order valence-corrected chi connectivity index (χ2v) is 4.92. The molecule has 0 aliphatic rings. The van der Waals surface area contributed by atoms with Crippen LogP contribution >= 0.6 is 0 Å². The highest BCUT2D eigenvalue weighted by Crippen LogP contribution is 2.26. The van der Waals surface area contributed by atoms with Crippen molar-refractivity contribution in [1.82, 2.24) is 0 Å². The third-order valence-electron chi connectivity index (χ3n) is 3.30. The maximum Gasteiger partial charge on any atom is 0.159 e. The van der Waals surface area contributed by atoms with Crippen molar-refractivity contribution in [3.63, 3.8) is 0 Å². The van der Waals surface area contributed by atoms with Crippen LogP contribution in [0.5, 0.6) is 0 Å².